The molecule has 5 nitrogen and oxygen atoms in total. The summed E-state index contributed by atoms with van der Waals surface area (Å²) in [6.45, 7) is 10.5. The number of nitrogens with one attached hydrogen (secondary N) is 1. The fourth-order valence-electron chi connectivity index (χ4n) is 2.13. The molecule has 106 valence electrons. The van der Waals surface area contributed by atoms with Gasteiger partial charge in [0.1, 0.15) is 0 Å². The fourth-order valence-corrected chi connectivity index (χ4v) is 2.13. The van der Waals surface area contributed by atoms with E-state index < -0.39 is 0 Å². The molecule has 0 bridgehead atoms. The average Bonchev–Trinajstić information content (AvgIpc) is 2.39. The Morgan fingerprint density at radius 2 is 2.00 bits per heavy atom. The van der Waals surface area contributed by atoms with Crippen LogP contribution in [0.5, 0.6) is 0 Å². The number of nitrogens with zero attached hydrogens (tertiary/aromatic N) is 4. The van der Waals surface area contributed by atoms with Gasteiger partial charge in [-0.15, -0.1) is 0 Å². The van der Waals surface area contributed by atoms with Crippen LogP contribution < -0.4 is 10.2 Å². The molecule has 1 aromatic rings. The zero-order valence-corrected chi connectivity index (χ0v) is 12.3. The third-order valence-corrected chi connectivity index (χ3v) is 3.35. The van der Waals surface area contributed by atoms with Crippen molar-refractivity contribution in [3.63, 3.8) is 0 Å². The van der Waals surface area contributed by atoms with Crippen LogP contribution in [-0.4, -0.2) is 54.6 Å². The van der Waals surface area contributed by atoms with Gasteiger partial charge in [0.15, 0.2) is 0 Å². The molecule has 1 aliphatic heterocycles. The van der Waals surface area contributed by atoms with Gasteiger partial charge in [0, 0.05) is 38.9 Å². The summed E-state index contributed by atoms with van der Waals surface area (Å²) >= 11 is 0. The van der Waals surface area contributed by atoms with E-state index >= 15 is 0 Å². The second-order valence-corrected chi connectivity index (χ2v) is 5.66. The molecule has 0 unspecified atom stereocenters. The van der Waals surface area contributed by atoms with Crippen molar-refractivity contribution in [3.8, 4) is 0 Å². The summed E-state index contributed by atoms with van der Waals surface area (Å²) in [6, 6.07) is 1.99. The molecular weight excluding hydrogens is 238 g/mol. The second kappa shape index (κ2) is 6.82. The summed E-state index contributed by atoms with van der Waals surface area (Å²) in [5, 5.41) is 3.42. The number of piperazine rings is 1. The monoisotopic (exact) mass is 263 g/mol. The zero-order valence-electron chi connectivity index (χ0n) is 12.3. The van der Waals surface area contributed by atoms with Crippen LogP contribution in [0.3, 0.4) is 0 Å². The van der Waals surface area contributed by atoms with Crippen molar-refractivity contribution in [1.29, 1.82) is 0 Å². The second-order valence-electron chi connectivity index (χ2n) is 5.66. The third kappa shape index (κ3) is 4.44. The topological polar surface area (TPSA) is 44.3 Å². The lowest BCUT2D eigenvalue weighted by atomic mass is 10.2. The molecule has 2 heterocycles. The number of anilines is 1. The highest BCUT2D eigenvalue weighted by atomic mass is 15.3. The minimum atomic E-state index is 0.666. The van der Waals surface area contributed by atoms with Crippen LogP contribution in [0.1, 0.15) is 19.5 Å². The first-order chi connectivity index (χ1) is 9.15. The molecule has 1 fully saturated rings. The number of hydrogen-bond donors (Lipinski definition) is 1. The average molecular weight is 263 g/mol. The van der Waals surface area contributed by atoms with Crippen molar-refractivity contribution in [2.45, 2.75) is 20.4 Å². The Kier molecular flexibility index (Phi) is 5.10. The lowest BCUT2D eigenvalue weighted by molar-refractivity contribution is 0.311. The van der Waals surface area contributed by atoms with Gasteiger partial charge in [0.25, 0.3) is 0 Å². The predicted molar refractivity (Wildman–Crippen MR) is 78.3 cm³/mol. The molecule has 0 saturated carbocycles. The first-order valence-electron chi connectivity index (χ1n) is 7.11. The van der Waals surface area contributed by atoms with Gasteiger partial charge < -0.3 is 15.1 Å². The van der Waals surface area contributed by atoms with E-state index in [1.165, 1.54) is 0 Å². The van der Waals surface area contributed by atoms with Crippen LogP contribution >= 0.6 is 0 Å². The van der Waals surface area contributed by atoms with Crippen molar-refractivity contribution < 1.29 is 0 Å². The van der Waals surface area contributed by atoms with Crippen LogP contribution in [0.4, 0.5) is 5.95 Å². The highest BCUT2D eigenvalue weighted by molar-refractivity contribution is 5.31. The van der Waals surface area contributed by atoms with Gasteiger partial charge in [-0.3, -0.25) is 0 Å². The molecule has 0 aromatic carbocycles. The van der Waals surface area contributed by atoms with Gasteiger partial charge in [-0.1, -0.05) is 13.8 Å². The Hall–Kier alpha value is -1.20. The molecule has 0 aliphatic carbocycles. The van der Waals surface area contributed by atoms with Crippen molar-refractivity contribution in [1.82, 2.24) is 20.2 Å². The molecular formula is C14H25N5. The Bertz CT molecular complexity index is 385. The minimum Gasteiger partial charge on any atom is -0.338 e. The summed E-state index contributed by atoms with van der Waals surface area (Å²) in [7, 11) is 2.16. The maximum Gasteiger partial charge on any atom is 0.225 e. The summed E-state index contributed by atoms with van der Waals surface area (Å²) < 4.78 is 0. The number of aromatic nitrogens is 2. The highest BCUT2D eigenvalue weighted by Crippen LogP contribution is 2.10. The number of hydrogen-bond acceptors (Lipinski definition) is 5. The van der Waals surface area contributed by atoms with E-state index in [1.54, 1.807) is 0 Å². The van der Waals surface area contributed by atoms with E-state index in [0.717, 1.165) is 50.9 Å². The van der Waals surface area contributed by atoms with Crippen molar-refractivity contribution >= 4 is 5.95 Å². The van der Waals surface area contributed by atoms with Gasteiger partial charge in [0.2, 0.25) is 5.95 Å². The van der Waals surface area contributed by atoms with Gasteiger partial charge in [-0.2, -0.15) is 0 Å². The quantitative estimate of drug-likeness (QED) is 0.858. The van der Waals surface area contributed by atoms with Crippen molar-refractivity contribution in [2.75, 3.05) is 44.7 Å². The fraction of sp³-hybridized carbons (Fsp3) is 0.714. The molecule has 0 radical (unpaired) electrons. The normalized spacial score (nSPS) is 17.2. The molecule has 1 aliphatic rings. The first-order valence-corrected chi connectivity index (χ1v) is 7.11. The molecule has 2 rings (SSSR count). The van der Waals surface area contributed by atoms with Gasteiger partial charge in [0.05, 0.1) is 5.69 Å². The van der Waals surface area contributed by atoms with Crippen LogP contribution in [0.15, 0.2) is 12.3 Å². The Morgan fingerprint density at radius 1 is 1.26 bits per heavy atom. The van der Waals surface area contributed by atoms with Crippen molar-refractivity contribution in [2.24, 2.45) is 5.92 Å². The van der Waals surface area contributed by atoms with Gasteiger partial charge in [-0.25, -0.2) is 9.97 Å². The van der Waals surface area contributed by atoms with E-state index in [9.17, 15) is 0 Å². The molecule has 0 atom stereocenters. The number of likely N-dealkylation sites (N-methyl/N-ethyl adjacent to an activating group) is 1. The third-order valence-electron chi connectivity index (χ3n) is 3.35. The molecule has 1 N–H and O–H groups in total. The van der Waals surface area contributed by atoms with Crippen LogP contribution in [0.2, 0.25) is 0 Å². The lowest BCUT2D eigenvalue weighted by Gasteiger charge is -2.32. The van der Waals surface area contributed by atoms with E-state index in [0.29, 0.717) is 5.92 Å². The Balaban J connectivity index is 1.91. The summed E-state index contributed by atoms with van der Waals surface area (Å²) in [5.74, 6) is 1.54. The maximum absolute atomic E-state index is 4.65. The lowest BCUT2D eigenvalue weighted by Crippen LogP contribution is -2.45. The molecule has 5 heteroatoms. The van der Waals surface area contributed by atoms with E-state index in [2.05, 4.69) is 46.0 Å². The molecule has 0 amide bonds. The zero-order chi connectivity index (χ0) is 13.7. The number of rotatable bonds is 5. The summed E-state index contributed by atoms with van der Waals surface area (Å²) in [6.07, 6.45) is 1.87. The predicted octanol–water partition coefficient (Wildman–Crippen LogP) is 0.974. The van der Waals surface area contributed by atoms with Gasteiger partial charge in [-0.05, 0) is 25.6 Å². The van der Waals surface area contributed by atoms with Crippen LogP contribution in [0, 0.1) is 5.92 Å². The van der Waals surface area contributed by atoms with Crippen molar-refractivity contribution in [3.05, 3.63) is 18.0 Å². The standard InChI is InChI=1S/C14H25N5/c1-12(2)10-15-11-13-4-5-16-14(17-13)19-8-6-18(3)7-9-19/h4-5,12,15H,6-11H2,1-3H3. The summed E-state index contributed by atoms with van der Waals surface area (Å²) in [4.78, 5) is 13.7. The van der Waals surface area contributed by atoms with E-state index in [1.807, 2.05) is 12.3 Å². The smallest absolute Gasteiger partial charge is 0.225 e. The van der Waals surface area contributed by atoms with E-state index in [4.69, 9.17) is 0 Å². The molecule has 19 heavy (non-hydrogen) atoms. The Labute approximate surface area is 116 Å². The molecule has 0 spiro atoms. The molecule has 1 aromatic heterocycles. The minimum absolute atomic E-state index is 0.666. The summed E-state index contributed by atoms with van der Waals surface area (Å²) in [5.41, 5.74) is 1.07. The maximum atomic E-state index is 4.65. The van der Waals surface area contributed by atoms with Gasteiger partial charge >= 0.3 is 0 Å². The highest BCUT2D eigenvalue weighted by Gasteiger charge is 2.16. The Morgan fingerprint density at radius 3 is 2.68 bits per heavy atom. The SMILES string of the molecule is CC(C)CNCc1ccnc(N2CCN(C)CC2)n1. The largest absolute Gasteiger partial charge is 0.338 e. The van der Waals surface area contributed by atoms with E-state index in [-0.39, 0.29) is 0 Å². The molecule has 1 saturated heterocycles. The van der Waals surface area contributed by atoms with Crippen LogP contribution in [0.25, 0.3) is 0 Å². The van der Waals surface area contributed by atoms with Crippen LogP contribution in [-0.2, 0) is 6.54 Å². The first kappa shape index (κ1) is 14.2.